The van der Waals surface area contributed by atoms with Gasteiger partial charge in [0.1, 0.15) is 0 Å². The molecular formula is C9H16N4O2S. The molecule has 0 spiro atoms. The van der Waals surface area contributed by atoms with E-state index in [2.05, 4.69) is 14.7 Å². The Balaban J connectivity index is 2.20. The number of hydrogen-bond acceptors (Lipinski definition) is 4. The molecule has 1 fully saturated rings. The van der Waals surface area contributed by atoms with E-state index in [1.807, 2.05) is 0 Å². The number of nitrogens with zero attached hydrogens (tertiary/aromatic N) is 1. The van der Waals surface area contributed by atoms with E-state index >= 15 is 0 Å². The summed E-state index contributed by atoms with van der Waals surface area (Å²) in [6.45, 7) is 0.334. The van der Waals surface area contributed by atoms with Crippen LogP contribution < -0.4 is 10.5 Å². The highest BCUT2D eigenvalue weighted by Gasteiger charge is 2.37. The van der Waals surface area contributed by atoms with Gasteiger partial charge in [-0.15, -0.1) is 0 Å². The van der Waals surface area contributed by atoms with E-state index in [9.17, 15) is 8.42 Å². The molecule has 90 valence electrons. The van der Waals surface area contributed by atoms with E-state index in [1.54, 1.807) is 0 Å². The molecular weight excluding hydrogens is 228 g/mol. The quantitative estimate of drug-likeness (QED) is 0.691. The number of aromatic amines is 1. The van der Waals surface area contributed by atoms with Gasteiger partial charge in [0.2, 0.25) is 0 Å². The van der Waals surface area contributed by atoms with Crippen LogP contribution in [0, 0.1) is 0 Å². The Morgan fingerprint density at radius 2 is 2.19 bits per heavy atom. The average molecular weight is 244 g/mol. The third-order valence-electron chi connectivity index (χ3n) is 3.06. The van der Waals surface area contributed by atoms with Gasteiger partial charge in [0.05, 0.1) is 12.5 Å². The standard InChI is InChI=1S/C9H16N4O2S/c10-6-9(3-1-2-4-9)13-16(14,15)8-5-11-7-12-8/h5,7,13H,1-4,6,10H2,(H,11,12). The number of hydrogen-bond donors (Lipinski definition) is 3. The van der Waals surface area contributed by atoms with Crippen LogP contribution in [0.2, 0.25) is 0 Å². The summed E-state index contributed by atoms with van der Waals surface area (Å²) in [6.07, 6.45) is 6.28. The van der Waals surface area contributed by atoms with Crippen LogP contribution in [0.25, 0.3) is 0 Å². The van der Waals surface area contributed by atoms with Crippen molar-refractivity contribution in [2.24, 2.45) is 5.73 Å². The molecule has 1 aliphatic rings. The van der Waals surface area contributed by atoms with Crippen LogP contribution in [0.4, 0.5) is 0 Å². The summed E-state index contributed by atoms with van der Waals surface area (Å²) in [6, 6.07) is 0. The topological polar surface area (TPSA) is 101 Å². The zero-order valence-corrected chi connectivity index (χ0v) is 9.76. The first-order chi connectivity index (χ1) is 7.58. The minimum atomic E-state index is -3.52. The Kier molecular flexibility index (Phi) is 3.00. The Morgan fingerprint density at radius 1 is 1.50 bits per heavy atom. The van der Waals surface area contributed by atoms with Crippen LogP contribution in [0.5, 0.6) is 0 Å². The smallest absolute Gasteiger partial charge is 0.258 e. The normalized spacial score (nSPS) is 20.1. The van der Waals surface area contributed by atoms with Gasteiger partial charge in [-0.05, 0) is 12.8 Å². The van der Waals surface area contributed by atoms with Gasteiger partial charge in [0.25, 0.3) is 10.0 Å². The number of nitrogens with one attached hydrogen (secondary N) is 2. The fraction of sp³-hybridized carbons (Fsp3) is 0.667. The summed E-state index contributed by atoms with van der Waals surface area (Å²) in [5.41, 5.74) is 5.21. The Bertz CT molecular complexity index is 434. The van der Waals surface area contributed by atoms with Gasteiger partial charge in [-0.2, -0.15) is 0 Å². The van der Waals surface area contributed by atoms with Crippen molar-refractivity contribution < 1.29 is 8.42 Å². The first kappa shape index (κ1) is 11.6. The summed E-state index contributed by atoms with van der Waals surface area (Å²) in [7, 11) is -3.52. The molecule has 0 radical (unpaired) electrons. The van der Waals surface area contributed by atoms with E-state index in [4.69, 9.17) is 5.73 Å². The van der Waals surface area contributed by atoms with Crippen molar-refractivity contribution in [3.63, 3.8) is 0 Å². The Hall–Kier alpha value is -0.920. The van der Waals surface area contributed by atoms with Crippen molar-refractivity contribution in [1.82, 2.24) is 14.7 Å². The lowest BCUT2D eigenvalue weighted by Gasteiger charge is -2.27. The highest BCUT2D eigenvalue weighted by molar-refractivity contribution is 7.89. The van der Waals surface area contributed by atoms with Gasteiger partial charge in [-0.3, -0.25) is 0 Å². The summed E-state index contributed by atoms with van der Waals surface area (Å²) >= 11 is 0. The monoisotopic (exact) mass is 244 g/mol. The molecule has 1 heterocycles. The van der Waals surface area contributed by atoms with Gasteiger partial charge >= 0.3 is 0 Å². The fourth-order valence-electron chi connectivity index (χ4n) is 2.13. The molecule has 1 aromatic heterocycles. The van der Waals surface area contributed by atoms with E-state index in [0.29, 0.717) is 6.54 Å². The molecule has 7 heteroatoms. The molecule has 1 aliphatic carbocycles. The molecule has 0 bridgehead atoms. The molecule has 0 amide bonds. The van der Waals surface area contributed by atoms with Gasteiger partial charge in [0.15, 0.2) is 5.03 Å². The lowest BCUT2D eigenvalue weighted by molar-refractivity contribution is 0.399. The molecule has 0 atom stereocenters. The predicted octanol–water partition coefficient (Wildman–Crippen LogP) is -0.0405. The largest absolute Gasteiger partial charge is 0.335 e. The fourth-order valence-corrected chi connectivity index (χ4v) is 3.50. The summed E-state index contributed by atoms with van der Waals surface area (Å²) in [5.74, 6) is 0. The van der Waals surface area contributed by atoms with Crippen LogP contribution in [0.3, 0.4) is 0 Å². The number of H-pyrrole nitrogens is 1. The second kappa shape index (κ2) is 4.15. The number of nitrogens with two attached hydrogens (primary N) is 1. The molecule has 0 aliphatic heterocycles. The van der Waals surface area contributed by atoms with Crippen LogP contribution in [-0.4, -0.2) is 30.5 Å². The maximum Gasteiger partial charge on any atom is 0.258 e. The predicted molar refractivity (Wildman–Crippen MR) is 59.2 cm³/mol. The molecule has 1 saturated carbocycles. The van der Waals surface area contributed by atoms with Crippen molar-refractivity contribution in [2.45, 2.75) is 36.2 Å². The van der Waals surface area contributed by atoms with Crippen molar-refractivity contribution >= 4 is 10.0 Å². The van der Waals surface area contributed by atoms with Crippen LogP contribution in [0.15, 0.2) is 17.6 Å². The minimum Gasteiger partial charge on any atom is -0.335 e. The summed E-state index contributed by atoms with van der Waals surface area (Å²) < 4.78 is 26.6. The molecule has 0 saturated heterocycles. The average Bonchev–Trinajstić information content (AvgIpc) is 2.87. The number of sulfonamides is 1. The van der Waals surface area contributed by atoms with Crippen molar-refractivity contribution in [2.75, 3.05) is 6.54 Å². The highest BCUT2D eigenvalue weighted by atomic mass is 32.2. The first-order valence-corrected chi connectivity index (χ1v) is 6.79. The molecule has 4 N–H and O–H groups in total. The third-order valence-corrected chi connectivity index (χ3v) is 4.57. The van der Waals surface area contributed by atoms with Gasteiger partial charge in [-0.1, -0.05) is 12.8 Å². The van der Waals surface area contributed by atoms with Gasteiger partial charge in [-0.25, -0.2) is 18.1 Å². The van der Waals surface area contributed by atoms with Crippen LogP contribution in [0.1, 0.15) is 25.7 Å². The Morgan fingerprint density at radius 3 is 2.69 bits per heavy atom. The van der Waals surface area contributed by atoms with E-state index in [0.717, 1.165) is 25.7 Å². The molecule has 16 heavy (non-hydrogen) atoms. The second-order valence-electron chi connectivity index (χ2n) is 4.21. The zero-order chi connectivity index (χ0) is 11.6. The lowest BCUT2D eigenvalue weighted by atomic mass is 10.0. The maximum absolute atomic E-state index is 12.0. The SMILES string of the molecule is NCC1(NS(=O)(=O)c2cnc[nH]2)CCCC1. The van der Waals surface area contributed by atoms with Gasteiger partial charge < -0.3 is 10.7 Å². The van der Waals surface area contributed by atoms with E-state index in [-0.39, 0.29) is 5.03 Å². The van der Waals surface area contributed by atoms with E-state index < -0.39 is 15.6 Å². The summed E-state index contributed by atoms with van der Waals surface area (Å²) in [5, 5.41) is 0.0900. The molecule has 2 rings (SSSR count). The molecule has 1 aromatic rings. The second-order valence-corrected chi connectivity index (χ2v) is 5.86. The minimum absolute atomic E-state index is 0.0900. The maximum atomic E-state index is 12.0. The summed E-state index contributed by atoms with van der Waals surface area (Å²) in [4.78, 5) is 6.30. The van der Waals surface area contributed by atoms with Crippen LogP contribution in [-0.2, 0) is 10.0 Å². The third kappa shape index (κ3) is 2.11. The molecule has 0 aromatic carbocycles. The number of rotatable bonds is 4. The van der Waals surface area contributed by atoms with Crippen molar-refractivity contribution in [1.29, 1.82) is 0 Å². The number of aromatic nitrogens is 2. The highest BCUT2D eigenvalue weighted by Crippen LogP contribution is 2.30. The first-order valence-electron chi connectivity index (χ1n) is 5.30. The van der Waals surface area contributed by atoms with Crippen molar-refractivity contribution in [3.8, 4) is 0 Å². The van der Waals surface area contributed by atoms with Crippen molar-refractivity contribution in [3.05, 3.63) is 12.5 Å². The lowest BCUT2D eigenvalue weighted by Crippen LogP contribution is -2.51. The van der Waals surface area contributed by atoms with Crippen LogP contribution >= 0.6 is 0 Å². The number of imidazole rings is 1. The molecule has 0 unspecified atom stereocenters. The van der Waals surface area contributed by atoms with Gasteiger partial charge in [0, 0.05) is 12.1 Å². The zero-order valence-electron chi connectivity index (χ0n) is 8.94. The van der Waals surface area contributed by atoms with E-state index in [1.165, 1.54) is 12.5 Å². The molecule has 6 nitrogen and oxygen atoms in total. The Labute approximate surface area is 94.7 Å².